The van der Waals surface area contributed by atoms with Crippen molar-refractivity contribution in [3.8, 4) is 0 Å². The summed E-state index contributed by atoms with van der Waals surface area (Å²) in [6, 6.07) is 0. The van der Waals surface area contributed by atoms with E-state index in [-0.39, 0.29) is 5.57 Å². The highest BCUT2D eigenvalue weighted by molar-refractivity contribution is 5.90. The van der Waals surface area contributed by atoms with E-state index in [1.165, 1.54) is 6.08 Å². The fraction of sp³-hybridized carbons (Fsp3) is 0.444. The van der Waals surface area contributed by atoms with E-state index in [4.69, 9.17) is 24.0 Å². The van der Waals surface area contributed by atoms with Crippen LogP contribution in [-0.2, 0) is 25.8 Å². The van der Waals surface area contributed by atoms with Crippen molar-refractivity contribution >= 4 is 5.97 Å². The first-order valence-corrected chi connectivity index (χ1v) is 4.40. The maximum absolute atomic E-state index is 11.0. The summed E-state index contributed by atoms with van der Waals surface area (Å²) in [6.07, 6.45) is 1.47. The van der Waals surface area contributed by atoms with Crippen molar-refractivity contribution in [2.45, 2.75) is 25.0 Å². The lowest BCUT2D eigenvalue weighted by Gasteiger charge is -2.44. The Morgan fingerprint density at radius 2 is 1.93 bits per heavy atom. The van der Waals surface area contributed by atoms with Crippen molar-refractivity contribution in [1.82, 2.24) is 0 Å². The van der Waals surface area contributed by atoms with Gasteiger partial charge in [-0.05, 0) is 19.9 Å². The number of carboxylic acids is 1. The van der Waals surface area contributed by atoms with E-state index in [2.05, 4.69) is 0 Å². The lowest BCUT2D eigenvalue weighted by molar-refractivity contribution is -0.441. The number of rotatable bonds is 1. The van der Waals surface area contributed by atoms with Gasteiger partial charge in [0.15, 0.2) is 11.2 Å². The first kappa shape index (κ1) is 8.75. The van der Waals surface area contributed by atoms with Gasteiger partial charge >= 0.3 is 5.97 Å². The highest BCUT2D eigenvalue weighted by Crippen LogP contribution is 2.54. The summed E-state index contributed by atoms with van der Waals surface area (Å²) >= 11 is 0. The molecule has 6 heteroatoms. The Morgan fingerprint density at radius 1 is 1.27 bits per heavy atom. The van der Waals surface area contributed by atoms with Gasteiger partial charge in [0.05, 0.1) is 5.57 Å². The fourth-order valence-corrected chi connectivity index (χ4v) is 1.91. The van der Waals surface area contributed by atoms with E-state index < -0.39 is 17.2 Å². The standard InChI is InChI=1S/C9H8O6/c1-8-3-4(7(10)11)9(2,15-14-8)6-5(8)12-13-6/h3H,1-2H3,(H,10,11). The van der Waals surface area contributed by atoms with Crippen LogP contribution < -0.4 is 0 Å². The fourth-order valence-electron chi connectivity index (χ4n) is 1.91. The molecule has 0 amide bonds. The lowest BCUT2D eigenvalue weighted by Crippen LogP contribution is -2.50. The van der Waals surface area contributed by atoms with Crippen molar-refractivity contribution in [3.05, 3.63) is 23.2 Å². The van der Waals surface area contributed by atoms with E-state index in [0.29, 0.717) is 11.5 Å². The quantitative estimate of drug-likeness (QED) is 0.706. The molecule has 1 aromatic heterocycles. The van der Waals surface area contributed by atoms with Crippen LogP contribution in [0.4, 0.5) is 0 Å². The Bertz CT molecular complexity index is 480. The van der Waals surface area contributed by atoms with Gasteiger partial charge in [-0.15, -0.1) is 0 Å². The van der Waals surface area contributed by atoms with Gasteiger partial charge in [0.25, 0.3) is 0 Å². The van der Waals surface area contributed by atoms with E-state index in [1.807, 2.05) is 0 Å². The lowest BCUT2D eigenvalue weighted by atomic mass is 9.79. The monoisotopic (exact) mass is 212 g/mol. The Morgan fingerprint density at radius 3 is 2.47 bits per heavy atom. The molecule has 3 heterocycles. The summed E-state index contributed by atoms with van der Waals surface area (Å²) in [5, 5.41) is 9.05. The third kappa shape index (κ3) is 0.795. The van der Waals surface area contributed by atoms with Crippen LogP contribution in [0.25, 0.3) is 0 Å². The predicted octanol–water partition coefficient (Wildman–Crippen LogP) is 1.29. The maximum atomic E-state index is 11.0. The van der Waals surface area contributed by atoms with Gasteiger partial charge in [-0.2, -0.15) is 0 Å². The van der Waals surface area contributed by atoms with Gasteiger partial charge in [-0.3, -0.25) is 9.15 Å². The molecule has 0 saturated heterocycles. The SMILES string of the molecule is CC12C=C(C(=O)O)C(C)(OO1)c1ooc12. The van der Waals surface area contributed by atoms with Crippen molar-refractivity contribution in [3.63, 3.8) is 0 Å². The molecule has 1 aliphatic carbocycles. The van der Waals surface area contributed by atoms with Crippen molar-refractivity contribution in [2.24, 2.45) is 0 Å². The van der Waals surface area contributed by atoms with Crippen LogP contribution in [0.5, 0.6) is 0 Å². The van der Waals surface area contributed by atoms with Gasteiger partial charge in [0.1, 0.15) is 0 Å². The molecule has 6 nitrogen and oxygen atoms in total. The van der Waals surface area contributed by atoms with Gasteiger partial charge in [0.2, 0.25) is 11.5 Å². The Balaban J connectivity index is 2.26. The Kier molecular flexibility index (Phi) is 1.27. The molecule has 0 spiro atoms. The van der Waals surface area contributed by atoms with Gasteiger partial charge in [-0.1, -0.05) is 0 Å². The van der Waals surface area contributed by atoms with Gasteiger partial charge in [-0.25, -0.2) is 14.6 Å². The molecule has 2 unspecified atom stereocenters. The van der Waals surface area contributed by atoms with Crippen LogP contribution >= 0.6 is 0 Å². The number of hydrogen-bond donors (Lipinski definition) is 1. The second-order valence-electron chi connectivity index (χ2n) is 4.00. The van der Waals surface area contributed by atoms with Crippen LogP contribution in [0.15, 0.2) is 20.8 Å². The van der Waals surface area contributed by atoms with E-state index in [0.717, 1.165) is 0 Å². The van der Waals surface area contributed by atoms with Gasteiger partial charge in [0, 0.05) is 0 Å². The van der Waals surface area contributed by atoms with E-state index in [1.54, 1.807) is 13.8 Å². The van der Waals surface area contributed by atoms with E-state index >= 15 is 0 Å². The van der Waals surface area contributed by atoms with Gasteiger partial charge < -0.3 is 5.11 Å². The first-order chi connectivity index (χ1) is 6.97. The minimum atomic E-state index is -1.21. The molecule has 0 saturated carbocycles. The molecule has 0 aromatic carbocycles. The summed E-state index contributed by atoms with van der Waals surface area (Å²) in [6.45, 7) is 3.20. The third-order valence-corrected chi connectivity index (χ3v) is 2.84. The highest BCUT2D eigenvalue weighted by atomic mass is 17.2. The zero-order valence-electron chi connectivity index (χ0n) is 8.07. The smallest absolute Gasteiger partial charge is 0.334 e. The summed E-state index contributed by atoms with van der Waals surface area (Å²) in [5.41, 5.74) is -2.12. The zero-order chi connectivity index (χ0) is 10.8. The molecule has 0 radical (unpaired) electrons. The van der Waals surface area contributed by atoms with Crippen LogP contribution in [-0.4, -0.2) is 11.1 Å². The first-order valence-electron chi connectivity index (χ1n) is 4.40. The highest BCUT2D eigenvalue weighted by Gasteiger charge is 2.61. The summed E-state index contributed by atoms with van der Waals surface area (Å²) in [5.74, 6) is -0.216. The Labute approximate surface area is 83.9 Å². The maximum Gasteiger partial charge on any atom is 0.334 e. The van der Waals surface area contributed by atoms with Crippen molar-refractivity contribution in [2.75, 3.05) is 0 Å². The molecule has 2 atom stereocenters. The van der Waals surface area contributed by atoms with Crippen LogP contribution in [0.2, 0.25) is 0 Å². The molecule has 4 rings (SSSR count). The predicted molar refractivity (Wildman–Crippen MR) is 43.6 cm³/mol. The molecule has 1 aromatic rings. The molecule has 2 aliphatic heterocycles. The summed E-state index contributed by atoms with van der Waals surface area (Å²) in [7, 11) is 0. The van der Waals surface area contributed by atoms with Crippen molar-refractivity contribution in [1.29, 1.82) is 0 Å². The molecule has 3 aliphatic rings. The largest absolute Gasteiger partial charge is 0.478 e. The number of fused-ring (bicyclic) bond motifs is 1. The minimum absolute atomic E-state index is 0.0956. The minimum Gasteiger partial charge on any atom is -0.478 e. The second-order valence-corrected chi connectivity index (χ2v) is 4.00. The summed E-state index contributed by atoms with van der Waals surface area (Å²) < 4.78 is 9.59. The molecule has 0 fully saturated rings. The second kappa shape index (κ2) is 2.17. The molecular formula is C9H8O6. The molecular weight excluding hydrogens is 204 g/mol. The normalized spacial score (nSPS) is 37.6. The third-order valence-electron chi connectivity index (χ3n) is 2.84. The van der Waals surface area contributed by atoms with Crippen molar-refractivity contribution < 1.29 is 28.8 Å². The van der Waals surface area contributed by atoms with Crippen LogP contribution in [0, 0.1) is 0 Å². The average molecular weight is 212 g/mol. The average Bonchev–Trinajstić information content (AvgIpc) is 2.05. The van der Waals surface area contributed by atoms with Crippen LogP contribution in [0.3, 0.4) is 0 Å². The molecule has 1 N–H and O–H groups in total. The zero-order valence-corrected chi connectivity index (χ0v) is 8.07. The number of carboxylic acid groups (broad SMARTS) is 1. The molecule has 15 heavy (non-hydrogen) atoms. The molecule has 2 bridgehead atoms. The van der Waals surface area contributed by atoms with E-state index in [9.17, 15) is 4.79 Å². The topological polar surface area (TPSA) is 82.0 Å². The number of carbonyl (C=O) groups is 1. The summed E-state index contributed by atoms with van der Waals surface area (Å²) in [4.78, 5) is 21.2. The number of hydrogen-bond acceptors (Lipinski definition) is 5. The van der Waals surface area contributed by atoms with Crippen LogP contribution in [0.1, 0.15) is 25.4 Å². The molecule has 80 valence electrons. The number of aliphatic carboxylic acids is 1. The Hall–Kier alpha value is -1.53.